The predicted octanol–water partition coefficient (Wildman–Crippen LogP) is 6.27. The second-order valence-corrected chi connectivity index (χ2v) is 16.5. The van der Waals surface area contributed by atoms with Crippen LogP contribution in [-0.2, 0) is 37.7 Å². The number of aryl methyl sites for hydroxylation is 2. The number of amides is 2. The molecule has 2 bridgehead atoms. The van der Waals surface area contributed by atoms with Gasteiger partial charge in [-0.3, -0.25) is 24.3 Å². The summed E-state index contributed by atoms with van der Waals surface area (Å²) >= 11 is 6.45. The first-order valence-electron chi connectivity index (χ1n) is 17.6. The lowest BCUT2D eigenvalue weighted by atomic mass is 9.68. The minimum atomic E-state index is -3.43. The number of rotatable bonds is 5. The lowest BCUT2D eigenvalue weighted by Crippen LogP contribution is -2.49. The van der Waals surface area contributed by atoms with Crippen molar-refractivity contribution >= 4 is 39.0 Å². The molecule has 0 saturated heterocycles. The van der Waals surface area contributed by atoms with Gasteiger partial charge in [-0.1, -0.05) is 29.8 Å². The normalized spacial score (nSPS) is 28.6. The van der Waals surface area contributed by atoms with Crippen LogP contribution in [-0.4, -0.2) is 64.7 Å². The highest BCUT2D eigenvalue weighted by Crippen LogP contribution is 2.47. The molecule has 2 amide bonds. The Labute approximate surface area is 299 Å². The first-order valence-corrected chi connectivity index (χ1v) is 19.7. The molecule has 50 heavy (non-hydrogen) atoms. The molecule has 2 aliphatic heterocycles. The number of ether oxygens (including phenoxy) is 2. The molecule has 3 heterocycles. The fraction of sp³-hybridized carbons (Fsp3) is 0.474. The third-order valence-electron chi connectivity index (χ3n) is 10.8. The second kappa shape index (κ2) is 14.8. The number of halogens is 1. The van der Waals surface area contributed by atoms with E-state index in [4.69, 9.17) is 21.1 Å². The molecule has 7 rings (SSSR count). The van der Waals surface area contributed by atoms with E-state index in [9.17, 15) is 13.8 Å². The molecule has 5 atom stereocenters. The van der Waals surface area contributed by atoms with Crippen LogP contribution in [0.5, 0.6) is 5.75 Å². The maximum absolute atomic E-state index is 14.2. The van der Waals surface area contributed by atoms with Crippen molar-refractivity contribution in [3.8, 4) is 5.75 Å². The molecule has 12 heteroatoms. The molecule has 4 aliphatic rings. The van der Waals surface area contributed by atoms with Crippen LogP contribution in [0.2, 0.25) is 5.02 Å². The fourth-order valence-electron chi connectivity index (χ4n) is 8.04. The van der Waals surface area contributed by atoms with Crippen LogP contribution in [0.4, 0.5) is 5.69 Å². The van der Waals surface area contributed by atoms with Gasteiger partial charge in [0.2, 0.25) is 5.91 Å². The number of allylic oxidation sites excluding steroid dienone is 1. The molecule has 1 unspecified atom stereocenters. The maximum Gasteiger partial charge on any atom is 0.286 e. The second-order valence-electron chi connectivity index (χ2n) is 14.0. The molecule has 2 aliphatic carbocycles. The summed E-state index contributed by atoms with van der Waals surface area (Å²) in [6, 6.07) is 11.6. The smallest absolute Gasteiger partial charge is 0.286 e. The standard InChI is InChI=1S/C38H44ClN5O5S/c1-48-34-7-3-2-4-19-50(47,42-36(45)15-11-30-22-40-17-18-41-30)43-37(46)27-9-14-35-33(21-27)44(23-28-8-12-31(28)34)24-38(25-49-35)16-5-6-26-20-29(39)10-13-32(26)38/h3,7,9-10,13-14,17-18,20-22,28,31,34H,2,4-6,8,11-12,15-16,19,23-25H2,1H3,(H,42,43,45,46,47)/b7-3-/t28-,31+,34-,38-,50?/m0/s1. The van der Waals surface area contributed by atoms with Crippen LogP contribution in [0.15, 0.2) is 71.5 Å². The van der Waals surface area contributed by atoms with Crippen molar-refractivity contribution in [2.45, 2.75) is 69.3 Å². The molecule has 1 spiro atoms. The summed E-state index contributed by atoms with van der Waals surface area (Å²) in [5.41, 5.74) is 4.06. The lowest BCUT2D eigenvalue weighted by molar-refractivity contribution is -0.119. The van der Waals surface area contributed by atoms with Crippen molar-refractivity contribution in [1.29, 1.82) is 0 Å². The van der Waals surface area contributed by atoms with Gasteiger partial charge in [0.25, 0.3) is 5.91 Å². The molecule has 264 valence electrons. The van der Waals surface area contributed by atoms with Gasteiger partial charge >= 0.3 is 0 Å². The summed E-state index contributed by atoms with van der Waals surface area (Å²) in [6.07, 6.45) is 15.5. The molecule has 1 fully saturated rings. The number of aromatic nitrogens is 2. The van der Waals surface area contributed by atoms with Gasteiger partial charge in [-0.25, -0.2) is 4.21 Å². The van der Waals surface area contributed by atoms with Crippen molar-refractivity contribution < 1.29 is 23.3 Å². The lowest BCUT2D eigenvalue weighted by Gasteiger charge is -2.46. The van der Waals surface area contributed by atoms with Crippen LogP contribution in [0.1, 0.15) is 72.1 Å². The predicted molar refractivity (Wildman–Crippen MR) is 194 cm³/mol. The fourth-order valence-corrected chi connectivity index (χ4v) is 9.87. The molecular formula is C38H44ClN5O5S. The Kier molecular flexibility index (Phi) is 10.3. The zero-order valence-corrected chi connectivity index (χ0v) is 30.0. The number of nitrogens with one attached hydrogen (secondary N) is 1. The van der Waals surface area contributed by atoms with Crippen molar-refractivity contribution in [2.75, 3.05) is 37.5 Å². The van der Waals surface area contributed by atoms with Gasteiger partial charge in [-0.15, -0.1) is 4.36 Å². The first kappa shape index (κ1) is 34.6. The Bertz CT molecular complexity index is 1900. The highest BCUT2D eigenvalue weighted by Gasteiger charge is 2.44. The van der Waals surface area contributed by atoms with Crippen molar-refractivity contribution in [1.82, 2.24) is 14.7 Å². The summed E-state index contributed by atoms with van der Waals surface area (Å²) in [5, 5.41) is 0.741. The first-order chi connectivity index (χ1) is 24.2. The number of hydrogen-bond acceptors (Lipinski definition) is 8. The van der Waals surface area contributed by atoms with Crippen molar-refractivity contribution in [2.24, 2.45) is 16.2 Å². The molecule has 1 aromatic heterocycles. The molecule has 10 nitrogen and oxygen atoms in total. The van der Waals surface area contributed by atoms with Crippen LogP contribution in [0.25, 0.3) is 0 Å². The van der Waals surface area contributed by atoms with Crippen LogP contribution in [0.3, 0.4) is 0 Å². The van der Waals surface area contributed by atoms with Crippen molar-refractivity contribution in [3.05, 3.63) is 94.5 Å². The molecule has 1 N–H and O–H groups in total. The van der Waals surface area contributed by atoms with E-state index in [1.165, 1.54) is 11.1 Å². The van der Waals surface area contributed by atoms with E-state index in [1.54, 1.807) is 31.8 Å². The number of methoxy groups -OCH3 is 1. The maximum atomic E-state index is 14.2. The summed E-state index contributed by atoms with van der Waals surface area (Å²) < 4.78 is 33.7. The van der Waals surface area contributed by atoms with Gasteiger partial charge in [-0.05, 0) is 105 Å². The zero-order chi connectivity index (χ0) is 34.7. The van der Waals surface area contributed by atoms with Gasteiger partial charge in [0, 0.05) is 61.2 Å². The molecule has 1 saturated carbocycles. The van der Waals surface area contributed by atoms with Crippen molar-refractivity contribution in [3.63, 3.8) is 0 Å². The Hall–Kier alpha value is -3.80. The number of anilines is 1. The van der Waals surface area contributed by atoms with Gasteiger partial charge in [-0.2, -0.15) is 0 Å². The third-order valence-corrected chi connectivity index (χ3v) is 12.8. The molecule has 2 aromatic carbocycles. The number of nitrogens with zero attached hydrogens (tertiary/aromatic N) is 4. The monoisotopic (exact) mass is 717 g/mol. The van der Waals surface area contributed by atoms with E-state index in [1.807, 2.05) is 18.2 Å². The zero-order valence-electron chi connectivity index (χ0n) is 28.4. The van der Waals surface area contributed by atoms with Crippen LogP contribution >= 0.6 is 11.6 Å². The summed E-state index contributed by atoms with van der Waals surface area (Å²) in [7, 11) is -1.67. The number of benzene rings is 2. The van der Waals surface area contributed by atoms with Gasteiger partial charge in [0.05, 0.1) is 29.8 Å². The highest BCUT2D eigenvalue weighted by atomic mass is 35.5. The average molecular weight is 718 g/mol. The number of hydrogen-bond donors (Lipinski definition) is 1. The average Bonchev–Trinajstić information content (AvgIpc) is 3.25. The molecular weight excluding hydrogens is 674 g/mol. The number of carbonyl (C=O) groups is 2. The summed E-state index contributed by atoms with van der Waals surface area (Å²) in [6.45, 7) is 2.01. The van der Waals surface area contributed by atoms with E-state index in [0.29, 0.717) is 54.7 Å². The highest BCUT2D eigenvalue weighted by molar-refractivity contribution is 7.92. The SMILES string of the molecule is CO[C@H]1/C=C\CCCS(=O)(NC(=O)CCc2cnccn2)=NC(=O)c2ccc3c(c2)N(C[C@@H]2CC[C@H]21)C[C@@]1(CCCc2cc(Cl)ccc21)CO3. The quantitative estimate of drug-likeness (QED) is 0.307. The Morgan fingerprint density at radius 2 is 2.08 bits per heavy atom. The Morgan fingerprint density at radius 3 is 2.88 bits per heavy atom. The topological polar surface area (TPSA) is 123 Å². The van der Waals surface area contributed by atoms with Gasteiger partial charge in [0.15, 0.2) is 0 Å². The van der Waals surface area contributed by atoms with Gasteiger partial charge in [0.1, 0.15) is 15.7 Å². The van der Waals surface area contributed by atoms with E-state index in [2.05, 4.69) is 48.2 Å². The molecule has 0 radical (unpaired) electrons. The number of carbonyl (C=O) groups excluding carboxylic acids is 2. The van der Waals surface area contributed by atoms with E-state index < -0.39 is 21.7 Å². The Morgan fingerprint density at radius 1 is 1.18 bits per heavy atom. The largest absolute Gasteiger partial charge is 0.490 e. The Balaban J connectivity index is 1.24. The third kappa shape index (κ3) is 7.45. The number of fused-ring (bicyclic) bond motifs is 4. The minimum absolute atomic E-state index is 0.0375. The molecule has 3 aromatic rings. The van der Waals surface area contributed by atoms with Gasteiger partial charge < -0.3 is 14.4 Å². The van der Waals surface area contributed by atoms with E-state index in [-0.39, 0.29) is 23.7 Å². The van der Waals surface area contributed by atoms with E-state index in [0.717, 1.165) is 55.9 Å². The van der Waals surface area contributed by atoms with E-state index >= 15 is 0 Å². The van der Waals surface area contributed by atoms with Crippen LogP contribution < -0.4 is 14.4 Å². The summed E-state index contributed by atoms with van der Waals surface area (Å²) in [5.74, 6) is 0.398. The minimum Gasteiger partial charge on any atom is -0.490 e. The van der Waals surface area contributed by atoms with Crippen LogP contribution in [0, 0.1) is 11.8 Å². The summed E-state index contributed by atoms with van der Waals surface area (Å²) in [4.78, 5) is 37.5.